The maximum atomic E-state index is 13.0. The largest absolute Gasteiger partial charge is 0.497 e. The summed E-state index contributed by atoms with van der Waals surface area (Å²) in [7, 11) is 3.11. The molecule has 3 rings (SSSR count). The Labute approximate surface area is 177 Å². The van der Waals surface area contributed by atoms with Crippen molar-refractivity contribution in [2.75, 3.05) is 47.0 Å². The van der Waals surface area contributed by atoms with Crippen LogP contribution in [0.1, 0.15) is 34.1 Å². The van der Waals surface area contributed by atoms with Crippen LogP contribution in [0.5, 0.6) is 17.2 Å². The van der Waals surface area contributed by atoms with Gasteiger partial charge in [0.1, 0.15) is 17.2 Å². The van der Waals surface area contributed by atoms with E-state index in [1.54, 1.807) is 66.5 Å². The molecule has 2 aromatic carbocycles. The summed E-state index contributed by atoms with van der Waals surface area (Å²) in [6, 6.07) is 12.3. The fourth-order valence-electron chi connectivity index (χ4n) is 3.48. The molecule has 1 fully saturated rings. The molecule has 160 valence electrons. The predicted molar refractivity (Wildman–Crippen MR) is 114 cm³/mol. The standard InChI is InChI=1S/C23H28N2O5/c1-4-30-19-8-6-17(7-9-19)22(26)24-10-5-11-25(13-12-24)23(27)18-14-20(28-2)16-21(15-18)29-3/h6-9,14-16H,4-5,10-13H2,1-3H3. The lowest BCUT2D eigenvalue weighted by Crippen LogP contribution is -2.37. The number of benzene rings is 2. The Bertz CT molecular complexity index is 859. The average Bonchev–Trinajstić information content (AvgIpc) is 3.04. The molecule has 0 bridgehead atoms. The summed E-state index contributed by atoms with van der Waals surface area (Å²) in [5.41, 5.74) is 1.13. The molecule has 0 unspecified atom stereocenters. The van der Waals surface area contributed by atoms with Crippen LogP contribution in [0.25, 0.3) is 0 Å². The Kier molecular flexibility index (Phi) is 7.17. The van der Waals surface area contributed by atoms with Gasteiger partial charge in [-0.25, -0.2) is 0 Å². The van der Waals surface area contributed by atoms with Gasteiger partial charge in [-0.05, 0) is 49.7 Å². The fraction of sp³-hybridized carbons (Fsp3) is 0.391. The van der Waals surface area contributed by atoms with Gasteiger partial charge < -0.3 is 24.0 Å². The second kappa shape index (κ2) is 10.0. The number of methoxy groups -OCH3 is 2. The third kappa shape index (κ3) is 5.03. The number of carbonyl (C=O) groups excluding carboxylic acids is 2. The van der Waals surface area contributed by atoms with Gasteiger partial charge >= 0.3 is 0 Å². The molecular formula is C23H28N2O5. The monoisotopic (exact) mass is 412 g/mol. The van der Waals surface area contributed by atoms with Crippen molar-refractivity contribution in [2.24, 2.45) is 0 Å². The van der Waals surface area contributed by atoms with E-state index >= 15 is 0 Å². The Hall–Kier alpha value is -3.22. The number of rotatable bonds is 6. The van der Waals surface area contributed by atoms with Crippen molar-refractivity contribution < 1.29 is 23.8 Å². The van der Waals surface area contributed by atoms with E-state index < -0.39 is 0 Å². The van der Waals surface area contributed by atoms with Crippen LogP contribution in [0.2, 0.25) is 0 Å². The van der Waals surface area contributed by atoms with Crippen LogP contribution in [0.4, 0.5) is 0 Å². The van der Waals surface area contributed by atoms with Gasteiger partial charge in [-0.15, -0.1) is 0 Å². The van der Waals surface area contributed by atoms with Crippen molar-refractivity contribution in [3.63, 3.8) is 0 Å². The fourth-order valence-corrected chi connectivity index (χ4v) is 3.48. The van der Waals surface area contributed by atoms with Crippen molar-refractivity contribution in [2.45, 2.75) is 13.3 Å². The lowest BCUT2D eigenvalue weighted by molar-refractivity contribution is 0.0718. The minimum atomic E-state index is -0.0948. The van der Waals surface area contributed by atoms with Crippen LogP contribution in [0.15, 0.2) is 42.5 Å². The highest BCUT2D eigenvalue weighted by Crippen LogP contribution is 2.24. The molecule has 1 heterocycles. The van der Waals surface area contributed by atoms with Gasteiger partial charge in [0.15, 0.2) is 0 Å². The van der Waals surface area contributed by atoms with Crippen molar-refractivity contribution in [3.05, 3.63) is 53.6 Å². The molecule has 1 saturated heterocycles. The quantitative estimate of drug-likeness (QED) is 0.729. The van der Waals surface area contributed by atoms with E-state index in [0.29, 0.717) is 55.4 Å². The topological polar surface area (TPSA) is 68.3 Å². The van der Waals surface area contributed by atoms with Crippen molar-refractivity contribution >= 4 is 11.8 Å². The van der Waals surface area contributed by atoms with E-state index in [-0.39, 0.29) is 11.8 Å². The van der Waals surface area contributed by atoms with E-state index in [1.807, 2.05) is 6.92 Å². The van der Waals surface area contributed by atoms with Crippen molar-refractivity contribution in [3.8, 4) is 17.2 Å². The maximum Gasteiger partial charge on any atom is 0.254 e. The molecule has 0 atom stereocenters. The molecular weight excluding hydrogens is 384 g/mol. The molecule has 0 aromatic heterocycles. The SMILES string of the molecule is CCOc1ccc(C(=O)N2CCCN(C(=O)c3cc(OC)cc(OC)c3)CC2)cc1. The number of nitrogens with zero attached hydrogens (tertiary/aromatic N) is 2. The Balaban J connectivity index is 1.67. The van der Waals surface area contributed by atoms with Crippen LogP contribution < -0.4 is 14.2 Å². The second-order valence-electron chi connectivity index (χ2n) is 7.00. The lowest BCUT2D eigenvalue weighted by atomic mass is 10.1. The van der Waals surface area contributed by atoms with Crippen LogP contribution in [0.3, 0.4) is 0 Å². The second-order valence-corrected chi connectivity index (χ2v) is 7.00. The molecule has 2 amide bonds. The number of amides is 2. The zero-order chi connectivity index (χ0) is 21.5. The predicted octanol–water partition coefficient (Wildman–Crippen LogP) is 3.09. The third-order valence-corrected chi connectivity index (χ3v) is 5.08. The Morgan fingerprint density at radius 1 is 0.767 bits per heavy atom. The number of hydrogen-bond acceptors (Lipinski definition) is 5. The van der Waals surface area contributed by atoms with Gasteiger partial charge in [0.2, 0.25) is 0 Å². The molecule has 1 aliphatic heterocycles. The number of ether oxygens (including phenoxy) is 3. The molecule has 30 heavy (non-hydrogen) atoms. The minimum Gasteiger partial charge on any atom is -0.497 e. The normalized spacial score (nSPS) is 14.1. The van der Waals surface area contributed by atoms with Gasteiger partial charge in [-0.3, -0.25) is 9.59 Å². The zero-order valence-electron chi connectivity index (χ0n) is 17.7. The summed E-state index contributed by atoms with van der Waals surface area (Å²) >= 11 is 0. The highest BCUT2D eigenvalue weighted by molar-refractivity contribution is 5.96. The number of hydrogen-bond donors (Lipinski definition) is 0. The highest BCUT2D eigenvalue weighted by atomic mass is 16.5. The molecule has 0 spiro atoms. The summed E-state index contributed by atoms with van der Waals surface area (Å²) in [5.74, 6) is 1.76. The third-order valence-electron chi connectivity index (χ3n) is 5.08. The number of carbonyl (C=O) groups is 2. The molecule has 7 nitrogen and oxygen atoms in total. The first-order chi connectivity index (χ1) is 14.5. The minimum absolute atomic E-state index is 0.0320. The van der Waals surface area contributed by atoms with E-state index in [1.165, 1.54) is 0 Å². The highest BCUT2D eigenvalue weighted by Gasteiger charge is 2.24. The summed E-state index contributed by atoms with van der Waals surface area (Å²) < 4.78 is 16.0. The first kappa shape index (κ1) is 21.5. The van der Waals surface area contributed by atoms with E-state index in [4.69, 9.17) is 14.2 Å². The molecule has 0 radical (unpaired) electrons. The first-order valence-electron chi connectivity index (χ1n) is 10.1. The van der Waals surface area contributed by atoms with Gasteiger partial charge in [-0.2, -0.15) is 0 Å². The van der Waals surface area contributed by atoms with E-state index in [9.17, 15) is 9.59 Å². The van der Waals surface area contributed by atoms with E-state index in [0.717, 1.165) is 12.2 Å². The average molecular weight is 412 g/mol. The molecule has 0 N–H and O–H groups in total. The van der Waals surface area contributed by atoms with Crippen LogP contribution in [-0.4, -0.2) is 68.6 Å². The molecule has 0 saturated carbocycles. The van der Waals surface area contributed by atoms with Gasteiger partial charge in [0, 0.05) is 43.4 Å². The molecule has 0 aliphatic carbocycles. The Morgan fingerprint density at radius 2 is 1.30 bits per heavy atom. The van der Waals surface area contributed by atoms with Crippen molar-refractivity contribution in [1.82, 2.24) is 9.80 Å². The maximum absolute atomic E-state index is 13.0. The first-order valence-corrected chi connectivity index (χ1v) is 10.1. The summed E-state index contributed by atoms with van der Waals surface area (Å²) in [6.45, 7) is 4.66. The Morgan fingerprint density at radius 3 is 1.80 bits per heavy atom. The summed E-state index contributed by atoms with van der Waals surface area (Å²) in [5, 5.41) is 0. The molecule has 2 aromatic rings. The lowest BCUT2D eigenvalue weighted by Gasteiger charge is -2.23. The van der Waals surface area contributed by atoms with Crippen LogP contribution in [0, 0.1) is 0 Å². The van der Waals surface area contributed by atoms with Crippen molar-refractivity contribution in [1.29, 1.82) is 0 Å². The molecule has 1 aliphatic rings. The molecule has 7 heteroatoms. The van der Waals surface area contributed by atoms with Crippen LogP contribution in [-0.2, 0) is 0 Å². The van der Waals surface area contributed by atoms with Crippen LogP contribution >= 0.6 is 0 Å². The van der Waals surface area contributed by atoms with Gasteiger partial charge in [0.25, 0.3) is 11.8 Å². The summed E-state index contributed by atoms with van der Waals surface area (Å²) in [4.78, 5) is 29.5. The summed E-state index contributed by atoms with van der Waals surface area (Å²) in [6.07, 6.45) is 0.718. The zero-order valence-corrected chi connectivity index (χ0v) is 17.7. The smallest absolute Gasteiger partial charge is 0.254 e. The van der Waals surface area contributed by atoms with E-state index in [2.05, 4.69) is 0 Å². The van der Waals surface area contributed by atoms with Gasteiger partial charge in [0.05, 0.1) is 20.8 Å². The van der Waals surface area contributed by atoms with Gasteiger partial charge in [-0.1, -0.05) is 0 Å².